The van der Waals surface area contributed by atoms with Gasteiger partial charge in [0, 0.05) is 11.3 Å². The quantitative estimate of drug-likeness (QED) is 0.697. The van der Waals surface area contributed by atoms with Gasteiger partial charge < -0.3 is 9.64 Å². The van der Waals surface area contributed by atoms with E-state index in [4.69, 9.17) is 4.74 Å². The Morgan fingerprint density at radius 1 is 1.14 bits per heavy atom. The summed E-state index contributed by atoms with van der Waals surface area (Å²) >= 11 is 1.38. The number of hydrogen-bond donors (Lipinski definition) is 0. The van der Waals surface area contributed by atoms with Gasteiger partial charge in [0.25, 0.3) is 5.91 Å². The molecule has 28 heavy (non-hydrogen) atoms. The third-order valence-corrected chi connectivity index (χ3v) is 5.64. The van der Waals surface area contributed by atoms with Crippen molar-refractivity contribution in [1.29, 1.82) is 0 Å². The minimum Gasteiger partial charge on any atom is -0.464 e. The molecule has 0 N–H and O–H groups in total. The molecule has 0 aromatic heterocycles. The molecular weight excluding hydrogens is 391 g/mol. The third-order valence-electron chi connectivity index (χ3n) is 4.32. The molecule has 0 radical (unpaired) electrons. The topological polar surface area (TPSA) is 46.6 Å². The van der Waals surface area contributed by atoms with E-state index < -0.39 is 35.0 Å². The molecule has 0 bridgehead atoms. The van der Waals surface area contributed by atoms with Crippen molar-refractivity contribution in [2.45, 2.75) is 24.5 Å². The number of thioether (sulfide) groups is 1. The summed E-state index contributed by atoms with van der Waals surface area (Å²) < 4.78 is 44.2. The van der Waals surface area contributed by atoms with E-state index in [-0.39, 0.29) is 12.2 Å². The highest BCUT2D eigenvalue weighted by Crippen LogP contribution is 2.42. The van der Waals surface area contributed by atoms with Gasteiger partial charge in [0.1, 0.15) is 11.4 Å². The van der Waals surface area contributed by atoms with Gasteiger partial charge in [-0.15, -0.1) is 11.8 Å². The second kappa shape index (κ2) is 8.26. The van der Waals surface area contributed by atoms with Crippen LogP contribution >= 0.6 is 11.8 Å². The van der Waals surface area contributed by atoms with Crippen molar-refractivity contribution in [3.63, 3.8) is 0 Å². The van der Waals surface area contributed by atoms with Crippen LogP contribution in [0.5, 0.6) is 0 Å². The van der Waals surface area contributed by atoms with Crippen LogP contribution in [0.2, 0.25) is 0 Å². The van der Waals surface area contributed by atoms with E-state index in [0.717, 1.165) is 17.7 Å². The fraction of sp³-hybridized carbons (Fsp3) is 0.300. The zero-order chi connectivity index (χ0) is 20.3. The number of benzene rings is 2. The highest BCUT2D eigenvalue weighted by molar-refractivity contribution is 7.99. The number of hydrogen-bond acceptors (Lipinski definition) is 4. The number of ether oxygens (including phenoxy) is 1. The Bertz CT molecular complexity index is 857. The zero-order valence-corrected chi connectivity index (χ0v) is 15.8. The predicted molar refractivity (Wildman–Crippen MR) is 99.7 cm³/mol. The number of alkyl halides is 3. The maximum absolute atomic E-state index is 13.2. The number of halogens is 3. The summed E-state index contributed by atoms with van der Waals surface area (Å²) in [6.07, 6.45) is -4.56. The first-order valence-electron chi connectivity index (χ1n) is 8.66. The maximum Gasteiger partial charge on any atom is 0.416 e. The minimum atomic E-state index is -4.56. The van der Waals surface area contributed by atoms with Crippen LogP contribution in [0.15, 0.2) is 54.6 Å². The number of esters is 1. The molecule has 4 nitrogen and oxygen atoms in total. The number of amides is 1. The summed E-state index contributed by atoms with van der Waals surface area (Å²) in [6.45, 7) is 1.81. The molecular formula is C20H18F3NO3S. The normalized spacial score (nSPS) is 19.5. The van der Waals surface area contributed by atoms with Crippen LogP contribution in [-0.4, -0.2) is 35.2 Å². The molecule has 2 unspecified atom stereocenters. The summed E-state index contributed by atoms with van der Waals surface area (Å²) in [4.78, 5) is 26.9. The van der Waals surface area contributed by atoms with Gasteiger partial charge in [0.05, 0.1) is 12.2 Å². The van der Waals surface area contributed by atoms with Crippen LogP contribution in [0.3, 0.4) is 0 Å². The van der Waals surface area contributed by atoms with E-state index in [1.807, 2.05) is 18.2 Å². The Morgan fingerprint density at radius 2 is 1.86 bits per heavy atom. The van der Waals surface area contributed by atoms with Gasteiger partial charge in [0.2, 0.25) is 0 Å². The molecule has 0 aliphatic carbocycles. The van der Waals surface area contributed by atoms with Crippen molar-refractivity contribution >= 4 is 23.6 Å². The third kappa shape index (κ3) is 4.16. The molecule has 1 amide bonds. The summed E-state index contributed by atoms with van der Waals surface area (Å²) in [7, 11) is 0. The van der Waals surface area contributed by atoms with E-state index in [0.29, 0.717) is 5.75 Å². The van der Waals surface area contributed by atoms with E-state index in [1.54, 1.807) is 19.1 Å². The van der Waals surface area contributed by atoms with Gasteiger partial charge in [-0.3, -0.25) is 4.79 Å². The molecule has 1 heterocycles. The van der Waals surface area contributed by atoms with Crippen LogP contribution in [0.4, 0.5) is 13.2 Å². The first kappa shape index (κ1) is 20.3. The standard InChI is InChI=1S/C20H18F3NO3S/c1-2-27-19(26)16-12-28-18(13-7-4-3-5-8-13)24(16)17(25)14-9-6-10-15(11-14)20(21,22)23/h3-11,16,18H,2,12H2,1H3. The van der Waals surface area contributed by atoms with Crippen molar-refractivity contribution < 1.29 is 27.5 Å². The molecule has 2 aromatic carbocycles. The molecule has 148 valence electrons. The molecule has 8 heteroatoms. The Morgan fingerprint density at radius 3 is 2.50 bits per heavy atom. The Kier molecular flexibility index (Phi) is 5.98. The second-order valence-corrected chi connectivity index (χ2v) is 7.27. The molecule has 1 fully saturated rings. The first-order chi connectivity index (χ1) is 13.3. The lowest BCUT2D eigenvalue weighted by Crippen LogP contribution is -2.44. The van der Waals surface area contributed by atoms with Crippen LogP contribution in [0, 0.1) is 0 Å². The average molecular weight is 409 g/mol. The Labute approximate surface area is 164 Å². The molecule has 1 saturated heterocycles. The van der Waals surface area contributed by atoms with Gasteiger partial charge in [-0.05, 0) is 30.7 Å². The lowest BCUT2D eigenvalue weighted by atomic mass is 10.1. The van der Waals surface area contributed by atoms with Crippen LogP contribution in [0.25, 0.3) is 0 Å². The second-order valence-electron chi connectivity index (χ2n) is 6.16. The molecule has 1 aliphatic heterocycles. The fourth-order valence-electron chi connectivity index (χ4n) is 3.03. The van der Waals surface area contributed by atoms with Crippen molar-refractivity contribution in [2.75, 3.05) is 12.4 Å². The van der Waals surface area contributed by atoms with Crippen LogP contribution in [0.1, 0.15) is 33.8 Å². The Balaban J connectivity index is 1.99. The largest absolute Gasteiger partial charge is 0.464 e. The molecule has 3 rings (SSSR count). The highest BCUT2D eigenvalue weighted by atomic mass is 32.2. The van der Waals surface area contributed by atoms with E-state index in [9.17, 15) is 22.8 Å². The SMILES string of the molecule is CCOC(=O)C1CSC(c2ccccc2)N1C(=O)c1cccc(C(F)(F)F)c1. The van der Waals surface area contributed by atoms with Crippen molar-refractivity contribution in [1.82, 2.24) is 4.90 Å². The fourth-order valence-corrected chi connectivity index (χ4v) is 4.44. The van der Waals surface area contributed by atoms with Crippen LogP contribution < -0.4 is 0 Å². The van der Waals surface area contributed by atoms with Gasteiger partial charge in [-0.25, -0.2) is 4.79 Å². The summed E-state index contributed by atoms with van der Waals surface area (Å²) in [5.74, 6) is -0.889. The molecule has 1 aliphatic rings. The number of rotatable bonds is 4. The highest BCUT2D eigenvalue weighted by Gasteiger charge is 2.43. The molecule has 2 atom stereocenters. The molecule has 0 saturated carbocycles. The van der Waals surface area contributed by atoms with E-state index in [2.05, 4.69) is 0 Å². The van der Waals surface area contributed by atoms with Gasteiger partial charge >= 0.3 is 12.1 Å². The summed E-state index contributed by atoms with van der Waals surface area (Å²) in [6, 6.07) is 12.4. The number of carbonyl (C=O) groups is 2. The van der Waals surface area contributed by atoms with Crippen molar-refractivity contribution in [2.24, 2.45) is 0 Å². The average Bonchev–Trinajstić information content (AvgIpc) is 3.13. The minimum absolute atomic E-state index is 0.118. The smallest absolute Gasteiger partial charge is 0.416 e. The van der Waals surface area contributed by atoms with E-state index in [1.165, 1.54) is 28.8 Å². The van der Waals surface area contributed by atoms with Crippen molar-refractivity contribution in [3.05, 3.63) is 71.3 Å². The predicted octanol–water partition coefficient (Wildman–Crippen LogP) is 4.52. The van der Waals surface area contributed by atoms with Crippen LogP contribution in [-0.2, 0) is 15.7 Å². The first-order valence-corrected chi connectivity index (χ1v) is 9.71. The molecule has 2 aromatic rings. The lowest BCUT2D eigenvalue weighted by Gasteiger charge is -2.28. The van der Waals surface area contributed by atoms with Gasteiger partial charge in [-0.1, -0.05) is 36.4 Å². The molecule has 0 spiro atoms. The van der Waals surface area contributed by atoms with Gasteiger partial charge in [-0.2, -0.15) is 13.2 Å². The summed E-state index contributed by atoms with van der Waals surface area (Å²) in [5, 5.41) is -0.488. The Hall–Kier alpha value is -2.48. The number of carbonyl (C=O) groups excluding carboxylic acids is 2. The van der Waals surface area contributed by atoms with E-state index >= 15 is 0 Å². The van der Waals surface area contributed by atoms with Gasteiger partial charge in [0.15, 0.2) is 0 Å². The van der Waals surface area contributed by atoms with Crippen molar-refractivity contribution in [3.8, 4) is 0 Å². The zero-order valence-electron chi connectivity index (χ0n) is 15.0. The number of nitrogens with zero attached hydrogens (tertiary/aromatic N) is 1. The monoisotopic (exact) mass is 409 g/mol. The summed E-state index contributed by atoms with van der Waals surface area (Å²) in [5.41, 5.74) is -0.235. The lowest BCUT2D eigenvalue weighted by molar-refractivity contribution is -0.147. The maximum atomic E-state index is 13.2.